The van der Waals surface area contributed by atoms with E-state index in [-0.39, 0.29) is 23.8 Å². The number of nitrogens with one attached hydrogen (secondary N) is 1. The van der Waals surface area contributed by atoms with Crippen molar-refractivity contribution < 1.29 is 28.7 Å². The number of allylic oxidation sites excluding steroid dienone is 1. The topological polar surface area (TPSA) is 117 Å². The molecule has 174 valence electrons. The van der Waals surface area contributed by atoms with Crippen molar-refractivity contribution in [2.45, 2.75) is 0 Å². The Morgan fingerprint density at radius 2 is 1.65 bits per heavy atom. The third-order valence-corrected chi connectivity index (χ3v) is 4.72. The lowest BCUT2D eigenvalue weighted by Crippen LogP contribution is -2.20. The summed E-state index contributed by atoms with van der Waals surface area (Å²) < 4.78 is 16.1. The minimum absolute atomic E-state index is 0.00303. The Bertz CT molecular complexity index is 1240. The van der Waals surface area contributed by atoms with Crippen LogP contribution in [0, 0.1) is 10.1 Å². The molecular weight excluding hydrogens is 440 g/mol. The van der Waals surface area contributed by atoms with Crippen molar-refractivity contribution in [2.24, 2.45) is 0 Å². The molecule has 3 rings (SSSR count). The van der Waals surface area contributed by atoms with E-state index < -0.39 is 10.7 Å². The molecule has 0 bridgehead atoms. The number of carbonyl (C=O) groups is 2. The zero-order chi connectivity index (χ0) is 24.5. The van der Waals surface area contributed by atoms with Gasteiger partial charge in [0.15, 0.2) is 23.9 Å². The predicted octanol–water partition coefficient (Wildman–Crippen LogP) is 4.53. The molecule has 0 aromatic heterocycles. The number of nitrogens with zero attached hydrogens (tertiary/aromatic N) is 1. The molecule has 0 saturated heterocycles. The zero-order valence-electron chi connectivity index (χ0n) is 18.5. The van der Waals surface area contributed by atoms with Crippen molar-refractivity contribution in [3.63, 3.8) is 0 Å². The van der Waals surface area contributed by atoms with E-state index in [0.717, 1.165) is 0 Å². The standard InChI is InChI=1S/C25H22N2O7/c1-32-22-10-6-4-8-19(22)26-25(29)16-34-23-14-12-17(15-24(23)33-2)11-13-21(28)18-7-3-5-9-20(18)27(30)31/h3-15H,16H2,1-2H3,(H,26,29)/b13-11+. The van der Waals surface area contributed by atoms with Gasteiger partial charge < -0.3 is 19.5 Å². The maximum atomic E-state index is 12.4. The molecule has 3 aromatic rings. The molecule has 9 heteroatoms. The lowest BCUT2D eigenvalue weighted by Gasteiger charge is -2.13. The van der Waals surface area contributed by atoms with Crippen molar-refractivity contribution in [3.8, 4) is 17.2 Å². The van der Waals surface area contributed by atoms with Crippen molar-refractivity contribution in [1.82, 2.24) is 0 Å². The highest BCUT2D eigenvalue weighted by Gasteiger charge is 2.17. The zero-order valence-corrected chi connectivity index (χ0v) is 18.5. The lowest BCUT2D eigenvalue weighted by atomic mass is 10.1. The van der Waals surface area contributed by atoms with E-state index in [2.05, 4.69) is 5.32 Å². The summed E-state index contributed by atoms with van der Waals surface area (Å²) in [4.78, 5) is 35.2. The van der Waals surface area contributed by atoms with Crippen LogP contribution in [-0.4, -0.2) is 37.4 Å². The Kier molecular flexibility index (Phi) is 7.96. The van der Waals surface area contributed by atoms with Crippen LogP contribution >= 0.6 is 0 Å². The normalized spacial score (nSPS) is 10.5. The van der Waals surface area contributed by atoms with Crippen molar-refractivity contribution in [1.29, 1.82) is 0 Å². The van der Waals surface area contributed by atoms with Crippen LogP contribution in [0.4, 0.5) is 11.4 Å². The van der Waals surface area contributed by atoms with Gasteiger partial charge in [-0.15, -0.1) is 0 Å². The second kappa shape index (κ2) is 11.3. The average Bonchev–Trinajstić information content (AvgIpc) is 2.86. The number of hydrogen-bond acceptors (Lipinski definition) is 7. The molecule has 0 aliphatic heterocycles. The Hall–Kier alpha value is -4.66. The maximum Gasteiger partial charge on any atom is 0.280 e. The first-order valence-corrected chi connectivity index (χ1v) is 10.1. The van der Waals surface area contributed by atoms with Gasteiger partial charge in [0, 0.05) is 6.07 Å². The van der Waals surface area contributed by atoms with Crippen LogP contribution in [0.1, 0.15) is 15.9 Å². The first-order valence-electron chi connectivity index (χ1n) is 10.1. The van der Waals surface area contributed by atoms with Gasteiger partial charge in [0.25, 0.3) is 11.6 Å². The summed E-state index contributed by atoms with van der Waals surface area (Å²) in [5.41, 5.74) is 0.866. The minimum atomic E-state index is -0.597. The van der Waals surface area contributed by atoms with Crippen molar-refractivity contribution in [3.05, 3.63) is 94.0 Å². The van der Waals surface area contributed by atoms with Gasteiger partial charge >= 0.3 is 0 Å². The van der Waals surface area contributed by atoms with E-state index in [1.165, 1.54) is 44.6 Å². The number of methoxy groups -OCH3 is 2. The second-order valence-corrected chi connectivity index (χ2v) is 6.92. The molecule has 0 radical (unpaired) electrons. The van der Waals surface area contributed by atoms with Crippen LogP contribution in [0.3, 0.4) is 0 Å². The van der Waals surface area contributed by atoms with Gasteiger partial charge in [-0.1, -0.05) is 36.4 Å². The molecule has 1 amide bonds. The third-order valence-electron chi connectivity index (χ3n) is 4.72. The maximum absolute atomic E-state index is 12.4. The van der Waals surface area contributed by atoms with Gasteiger partial charge in [-0.3, -0.25) is 19.7 Å². The Morgan fingerprint density at radius 3 is 2.38 bits per heavy atom. The molecule has 0 fully saturated rings. The molecule has 34 heavy (non-hydrogen) atoms. The summed E-state index contributed by atoms with van der Waals surface area (Å²) in [6.07, 6.45) is 2.76. The largest absolute Gasteiger partial charge is 0.495 e. The van der Waals surface area contributed by atoms with E-state index in [4.69, 9.17) is 14.2 Å². The van der Waals surface area contributed by atoms with Gasteiger partial charge in [-0.2, -0.15) is 0 Å². The molecule has 3 aromatic carbocycles. The number of ketones is 1. The minimum Gasteiger partial charge on any atom is -0.495 e. The number of anilines is 1. The van der Waals surface area contributed by atoms with E-state index in [0.29, 0.717) is 28.5 Å². The monoisotopic (exact) mass is 462 g/mol. The van der Waals surface area contributed by atoms with Crippen molar-refractivity contribution in [2.75, 3.05) is 26.1 Å². The smallest absolute Gasteiger partial charge is 0.280 e. The fourth-order valence-corrected chi connectivity index (χ4v) is 3.09. The van der Waals surface area contributed by atoms with Crippen LogP contribution < -0.4 is 19.5 Å². The van der Waals surface area contributed by atoms with E-state index >= 15 is 0 Å². The molecule has 1 N–H and O–H groups in total. The number of rotatable bonds is 10. The van der Waals surface area contributed by atoms with Crippen LogP contribution in [0.5, 0.6) is 17.2 Å². The average molecular weight is 462 g/mol. The number of nitro groups is 1. The summed E-state index contributed by atoms with van der Waals surface area (Å²) in [6, 6.07) is 17.6. The number of ether oxygens (including phenoxy) is 3. The fraction of sp³-hybridized carbons (Fsp3) is 0.120. The fourth-order valence-electron chi connectivity index (χ4n) is 3.09. The number of para-hydroxylation sites is 3. The Labute approximate surface area is 195 Å². The van der Waals surface area contributed by atoms with Gasteiger partial charge in [0.05, 0.1) is 30.4 Å². The molecular formula is C25H22N2O7. The second-order valence-electron chi connectivity index (χ2n) is 6.92. The summed E-state index contributed by atoms with van der Waals surface area (Å²) in [6.45, 7) is -0.264. The summed E-state index contributed by atoms with van der Waals surface area (Å²) in [5, 5.41) is 13.8. The summed E-state index contributed by atoms with van der Waals surface area (Å²) >= 11 is 0. The van der Waals surface area contributed by atoms with Gasteiger partial charge in [-0.05, 0) is 42.0 Å². The quantitative estimate of drug-likeness (QED) is 0.204. The molecule has 9 nitrogen and oxygen atoms in total. The molecule has 0 spiro atoms. The number of carbonyl (C=O) groups excluding carboxylic acids is 2. The number of hydrogen-bond donors (Lipinski definition) is 1. The lowest BCUT2D eigenvalue weighted by molar-refractivity contribution is -0.385. The van der Waals surface area contributed by atoms with Gasteiger partial charge in [0.1, 0.15) is 5.75 Å². The Balaban J connectivity index is 1.67. The highest BCUT2D eigenvalue weighted by atomic mass is 16.6. The first-order chi connectivity index (χ1) is 16.4. The SMILES string of the molecule is COc1ccccc1NC(=O)COc1ccc(/C=C/C(=O)c2ccccc2[N+](=O)[O-])cc1OC. The molecule has 0 aliphatic rings. The molecule has 0 atom stereocenters. The van der Waals surface area contributed by atoms with Crippen molar-refractivity contribution >= 4 is 29.1 Å². The van der Waals surface area contributed by atoms with E-state index in [1.54, 1.807) is 48.5 Å². The first kappa shape index (κ1) is 24.0. The highest BCUT2D eigenvalue weighted by molar-refractivity contribution is 6.09. The van der Waals surface area contributed by atoms with E-state index in [9.17, 15) is 19.7 Å². The summed E-state index contributed by atoms with van der Waals surface area (Å²) in [5.74, 6) is 0.329. The third kappa shape index (κ3) is 5.98. The molecule has 0 aliphatic carbocycles. The van der Waals surface area contributed by atoms with Gasteiger partial charge in [-0.25, -0.2) is 0 Å². The molecule has 0 unspecified atom stereocenters. The number of benzene rings is 3. The number of nitro benzene ring substituents is 1. The van der Waals surface area contributed by atoms with E-state index in [1.807, 2.05) is 0 Å². The van der Waals surface area contributed by atoms with Crippen LogP contribution in [0.15, 0.2) is 72.8 Å². The Morgan fingerprint density at radius 1 is 0.941 bits per heavy atom. The molecule has 0 saturated carbocycles. The molecule has 0 heterocycles. The van der Waals surface area contributed by atoms with Crippen LogP contribution in [0.25, 0.3) is 6.08 Å². The van der Waals surface area contributed by atoms with Crippen LogP contribution in [-0.2, 0) is 4.79 Å². The number of amides is 1. The van der Waals surface area contributed by atoms with Crippen LogP contribution in [0.2, 0.25) is 0 Å². The summed E-state index contributed by atoms with van der Waals surface area (Å²) in [7, 11) is 2.96. The predicted molar refractivity (Wildman–Crippen MR) is 127 cm³/mol. The van der Waals surface area contributed by atoms with Gasteiger partial charge in [0.2, 0.25) is 0 Å². The highest BCUT2D eigenvalue weighted by Crippen LogP contribution is 2.29.